The van der Waals surface area contributed by atoms with E-state index in [1.807, 2.05) is 0 Å². The van der Waals surface area contributed by atoms with E-state index in [9.17, 15) is 9.59 Å². The van der Waals surface area contributed by atoms with Gasteiger partial charge in [-0.05, 0) is 36.4 Å². The predicted octanol–water partition coefficient (Wildman–Crippen LogP) is 3.25. The molecule has 0 saturated heterocycles. The number of hydrogen-bond acceptors (Lipinski definition) is 4. The molecule has 0 spiro atoms. The molecule has 0 aliphatic carbocycles. The first-order chi connectivity index (χ1) is 10.6. The summed E-state index contributed by atoms with van der Waals surface area (Å²) in [7, 11) is 1.54. The van der Waals surface area contributed by atoms with Crippen molar-refractivity contribution in [1.82, 2.24) is 0 Å². The fraction of sp³-hybridized carbons (Fsp3) is 0.125. The number of ether oxygens (including phenoxy) is 2. The zero-order chi connectivity index (χ0) is 15.9. The molecule has 0 heterocycles. The zero-order valence-electron chi connectivity index (χ0n) is 11.8. The van der Waals surface area contributed by atoms with Gasteiger partial charge in [0.2, 0.25) is 0 Å². The van der Waals surface area contributed by atoms with E-state index in [4.69, 9.17) is 9.47 Å². The standard InChI is InChI=1S/C16H14BrNO4/c1-21-14-4-2-3-13(9-14)18-15(19)10-22-16(20)11-5-7-12(17)8-6-11/h2-9H,10H2,1H3,(H,18,19). The van der Waals surface area contributed by atoms with Gasteiger partial charge in [0.1, 0.15) is 5.75 Å². The number of benzene rings is 2. The molecule has 0 fully saturated rings. The molecule has 0 aliphatic rings. The number of amides is 1. The first kappa shape index (κ1) is 16.0. The van der Waals surface area contributed by atoms with Gasteiger partial charge < -0.3 is 14.8 Å². The third-order valence-electron chi connectivity index (χ3n) is 2.77. The minimum atomic E-state index is -0.548. The molecule has 22 heavy (non-hydrogen) atoms. The molecule has 2 rings (SSSR count). The van der Waals surface area contributed by atoms with Gasteiger partial charge in [-0.15, -0.1) is 0 Å². The highest BCUT2D eigenvalue weighted by molar-refractivity contribution is 9.10. The Kier molecular flexibility index (Phi) is 5.55. The van der Waals surface area contributed by atoms with Crippen molar-refractivity contribution in [2.24, 2.45) is 0 Å². The third-order valence-corrected chi connectivity index (χ3v) is 3.30. The molecule has 6 heteroatoms. The molecule has 0 radical (unpaired) electrons. The van der Waals surface area contributed by atoms with E-state index >= 15 is 0 Å². The van der Waals surface area contributed by atoms with Gasteiger partial charge in [-0.1, -0.05) is 22.0 Å². The number of halogens is 1. The molecule has 0 unspecified atom stereocenters. The van der Waals surface area contributed by atoms with E-state index in [1.54, 1.807) is 55.6 Å². The largest absolute Gasteiger partial charge is 0.497 e. The molecule has 0 aromatic heterocycles. The van der Waals surface area contributed by atoms with Crippen molar-refractivity contribution in [3.63, 3.8) is 0 Å². The number of carbonyl (C=O) groups is 2. The van der Waals surface area contributed by atoms with Gasteiger partial charge in [0, 0.05) is 16.2 Å². The van der Waals surface area contributed by atoms with Crippen molar-refractivity contribution in [2.75, 3.05) is 19.0 Å². The Bertz CT molecular complexity index is 670. The molecule has 2 aromatic rings. The lowest BCUT2D eigenvalue weighted by Gasteiger charge is -2.08. The summed E-state index contributed by atoms with van der Waals surface area (Å²) in [5.41, 5.74) is 0.960. The SMILES string of the molecule is COc1cccc(NC(=O)COC(=O)c2ccc(Br)cc2)c1. The normalized spacial score (nSPS) is 9.91. The zero-order valence-corrected chi connectivity index (χ0v) is 13.4. The minimum absolute atomic E-state index is 0.355. The maximum atomic E-state index is 11.8. The van der Waals surface area contributed by atoms with Gasteiger partial charge >= 0.3 is 5.97 Å². The van der Waals surface area contributed by atoms with Crippen LogP contribution in [0.3, 0.4) is 0 Å². The van der Waals surface area contributed by atoms with Crippen LogP contribution in [0.2, 0.25) is 0 Å². The Morgan fingerprint density at radius 1 is 1.14 bits per heavy atom. The van der Waals surface area contributed by atoms with E-state index in [0.717, 1.165) is 4.47 Å². The van der Waals surface area contributed by atoms with Crippen molar-refractivity contribution >= 4 is 33.5 Å². The van der Waals surface area contributed by atoms with Gasteiger partial charge in [-0.2, -0.15) is 0 Å². The van der Waals surface area contributed by atoms with Crippen molar-refractivity contribution in [1.29, 1.82) is 0 Å². The summed E-state index contributed by atoms with van der Waals surface area (Å²) in [4.78, 5) is 23.5. The van der Waals surface area contributed by atoms with Crippen molar-refractivity contribution in [3.05, 3.63) is 58.6 Å². The van der Waals surface area contributed by atoms with Crippen LogP contribution in [0.25, 0.3) is 0 Å². The number of nitrogens with one attached hydrogen (secondary N) is 1. The molecule has 0 bridgehead atoms. The molecule has 0 saturated carbocycles. The fourth-order valence-corrected chi connectivity index (χ4v) is 1.96. The lowest BCUT2D eigenvalue weighted by molar-refractivity contribution is -0.119. The number of carbonyl (C=O) groups excluding carboxylic acids is 2. The molecule has 114 valence electrons. The van der Waals surface area contributed by atoms with Crippen molar-refractivity contribution < 1.29 is 19.1 Å². The number of hydrogen-bond donors (Lipinski definition) is 1. The van der Waals surface area contributed by atoms with Crippen LogP contribution in [-0.4, -0.2) is 25.6 Å². The molecule has 0 atom stereocenters. The van der Waals surface area contributed by atoms with Gasteiger partial charge in [0.15, 0.2) is 6.61 Å². The van der Waals surface area contributed by atoms with Crippen LogP contribution in [-0.2, 0) is 9.53 Å². The van der Waals surface area contributed by atoms with Gasteiger partial charge in [0.05, 0.1) is 12.7 Å². The van der Waals surface area contributed by atoms with Crippen LogP contribution in [0.4, 0.5) is 5.69 Å². The average molecular weight is 364 g/mol. The van der Waals surface area contributed by atoms with Crippen molar-refractivity contribution in [2.45, 2.75) is 0 Å². The second-order valence-electron chi connectivity index (χ2n) is 4.36. The van der Waals surface area contributed by atoms with Crippen LogP contribution in [0.1, 0.15) is 10.4 Å². The summed E-state index contributed by atoms with van der Waals surface area (Å²) >= 11 is 3.28. The topological polar surface area (TPSA) is 64.6 Å². The maximum Gasteiger partial charge on any atom is 0.338 e. The van der Waals surface area contributed by atoms with Gasteiger partial charge in [0.25, 0.3) is 5.91 Å². The second-order valence-corrected chi connectivity index (χ2v) is 5.28. The van der Waals surface area contributed by atoms with E-state index < -0.39 is 11.9 Å². The Morgan fingerprint density at radius 2 is 1.86 bits per heavy atom. The van der Waals surface area contributed by atoms with Crippen LogP contribution >= 0.6 is 15.9 Å². The van der Waals surface area contributed by atoms with Crippen LogP contribution < -0.4 is 10.1 Å². The van der Waals surface area contributed by atoms with Gasteiger partial charge in [-0.3, -0.25) is 4.79 Å². The average Bonchev–Trinajstić information content (AvgIpc) is 2.53. The second kappa shape index (κ2) is 7.61. The third kappa shape index (κ3) is 4.60. The Labute approximate surface area is 136 Å². The summed E-state index contributed by atoms with van der Waals surface area (Å²) in [6.07, 6.45) is 0. The van der Waals surface area contributed by atoms with Crippen molar-refractivity contribution in [3.8, 4) is 5.75 Å². The number of esters is 1. The highest BCUT2D eigenvalue weighted by Crippen LogP contribution is 2.16. The smallest absolute Gasteiger partial charge is 0.338 e. The minimum Gasteiger partial charge on any atom is -0.497 e. The first-order valence-corrected chi connectivity index (χ1v) is 7.24. The maximum absolute atomic E-state index is 11.8. The number of rotatable bonds is 5. The highest BCUT2D eigenvalue weighted by atomic mass is 79.9. The summed E-state index contributed by atoms with van der Waals surface area (Å²) in [6, 6.07) is 13.6. The molecule has 1 N–H and O–H groups in total. The summed E-state index contributed by atoms with van der Waals surface area (Å²) in [5.74, 6) is -0.336. The quantitative estimate of drug-likeness (QED) is 0.828. The molecule has 2 aromatic carbocycles. The summed E-state index contributed by atoms with van der Waals surface area (Å²) in [6.45, 7) is -0.355. The molecular weight excluding hydrogens is 350 g/mol. The van der Waals surface area contributed by atoms with E-state index in [0.29, 0.717) is 17.0 Å². The van der Waals surface area contributed by atoms with Crippen LogP contribution in [0.15, 0.2) is 53.0 Å². The first-order valence-electron chi connectivity index (χ1n) is 6.45. The van der Waals surface area contributed by atoms with Gasteiger partial charge in [-0.25, -0.2) is 4.79 Å². The predicted molar refractivity (Wildman–Crippen MR) is 86.0 cm³/mol. The molecule has 0 aliphatic heterocycles. The molecule has 1 amide bonds. The lowest BCUT2D eigenvalue weighted by atomic mass is 10.2. The fourth-order valence-electron chi connectivity index (χ4n) is 1.70. The van der Waals surface area contributed by atoms with E-state index in [-0.39, 0.29) is 6.61 Å². The lowest BCUT2D eigenvalue weighted by Crippen LogP contribution is -2.20. The highest BCUT2D eigenvalue weighted by Gasteiger charge is 2.10. The van der Waals surface area contributed by atoms with E-state index in [2.05, 4.69) is 21.2 Å². The summed E-state index contributed by atoms with van der Waals surface area (Å²) < 4.78 is 10.9. The molecular formula is C16H14BrNO4. The Morgan fingerprint density at radius 3 is 2.55 bits per heavy atom. The van der Waals surface area contributed by atoms with Crippen LogP contribution in [0.5, 0.6) is 5.75 Å². The number of anilines is 1. The Hall–Kier alpha value is -2.34. The summed E-state index contributed by atoms with van der Waals surface area (Å²) in [5, 5.41) is 2.63. The van der Waals surface area contributed by atoms with Crippen LogP contribution in [0, 0.1) is 0 Å². The Balaban J connectivity index is 1.87. The molecule has 5 nitrogen and oxygen atoms in total. The van der Waals surface area contributed by atoms with E-state index in [1.165, 1.54) is 0 Å². The number of methoxy groups -OCH3 is 1. The monoisotopic (exact) mass is 363 g/mol.